The molecule has 0 saturated carbocycles. The summed E-state index contributed by atoms with van der Waals surface area (Å²) in [6, 6.07) is 10.0. The van der Waals surface area contributed by atoms with Gasteiger partial charge in [-0.15, -0.1) is 0 Å². The molecule has 2 atom stereocenters. The number of piperazine rings is 1. The molecule has 36 heavy (non-hydrogen) atoms. The fourth-order valence-corrected chi connectivity index (χ4v) is 4.60. The van der Waals surface area contributed by atoms with E-state index < -0.39 is 12.0 Å². The molecule has 0 radical (unpaired) electrons. The van der Waals surface area contributed by atoms with Gasteiger partial charge in [-0.2, -0.15) is 15.6 Å². The van der Waals surface area contributed by atoms with Gasteiger partial charge in [-0.05, 0) is 18.2 Å². The maximum Gasteiger partial charge on any atom is 0.141 e. The van der Waals surface area contributed by atoms with E-state index in [4.69, 9.17) is 5.26 Å². The number of nitrogens with zero attached hydrogens (tertiary/aromatic N) is 8. The van der Waals surface area contributed by atoms with Crippen molar-refractivity contribution in [2.45, 2.75) is 18.7 Å². The van der Waals surface area contributed by atoms with Crippen LogP contribution in [0.1, 0.15) is 29.8 Å². The van der Waals surface area contributed by atoms with Crippen LogP contribution in [0, 0.1) is 28.5 Å². The van der Waals surface area contributed by atoms with Crippen molar-refractivity contribution in [2.75, 3.05) is 32.7 Å². The zero-order valence-corrected chi connectivity index (χ0v) is 19.4. The number of fused-ring (bicyclic) bond motifs is 1. The molecule has 0 spiro atoms. The number of aromatic amines is 1. The lowest BCUT2D eigenvalue weighted by atomic mass is 10.1. The largest absolute Gasteiger partial charge is 0.374 e. The monoisotopic (exact) mass is 485 g/mol. The van der Waals surface area contributed by atoms with E-state index in [0.717, 1.165) is 28.4 Å². The highest BCUT2D eigenvalue weighted by molar-refractivity contribution is 5.89. The van der Waals surface area contributed by atoms with Crippen LogP contribution < -0.4 is 0 Å². The minimum Gasteiger partial charge on any atom is -0.374 e. The van der Waals surface area contributed by atoms with Crippen molar-refractivity contribution in [3.63, 3.8) is 0 Å². The number of H-pyrrole nitrogens is 1. The molecule has 10 nitrogen and oxygen atoms in total. The van der Waals surface area contributed by atoms with Crippen molar-refractivity contribution >= 4 is 11.0 Å². The van der Waals surface area contributed by atoms with Gasteiger partial charge in [-0.25, -0.2) is 14.4 Å². The molecule has 1 aromatic carbocycles. The molecule has 3 aromatic heterocycles. The Labute approximate surface area is 206 Å². The van der Waals surface area contributed by atoms with E-state index in [1.165, 1.54) is 18.5 Å². The van der Waals surface area contributed by atoms with Gasteiger partial charge < -0.3 is 10.1 Å². The van der Waals surface area contributed by atoms with Crippen molar-refractivity contribution in [1.29, 1.82) is 10.5 Å². The maximum absolute atomic E-state index is 14.4. The Morgan fingerprint density at radius 1 is 1.14 bits per heavy atom. The first kappa shape index (κ1) is 23.6. The first-order chi connectivity index (χ1) is 17.6. The van der Waals surface area contributed by atoms with Crippen LogP contribution in [-0.2, 0) is 0 Å². The van der Waals surface area contributed by atoms with Crippen molar-refractivity contribution in [2.24, 2.45) is 0 Å². The van der Waals surface area contributed by atoms with Crippen LogP contribution in [0.3, 0.4) is 0 Å². The Morgan fingerprint density at radius 2 is 1.97 bits per heavy atom. The van der Waals surface area contributed by atoms with Gasteiger partial charge in [0.15, 0.2) is 0 Å². The number of hydrogen-bond donors (Lipinski definition) is 2. The second-order valence-corrected chi connectivity index (χ2v) is 8.75. The minimum atomic E-state index is -1.08. The molecular formula is C25H24FN9O. The van der Waals surface area contributed by atoms with Gasteiger partial charge in [-0.3, -0.25) is 14.5 Å². The van der Waals surface area contributed by atoms with Crippen molar-refractivity contribution in [1.82, 2.24) is 34.5 Å². The summed E-state index contributed by atoms with van der Waals surface area (Å²) in [4.78, 5) is 15.8. The first-order valence-electron chi connectivity index (χ1n) is 11.6. The zero-order valence-electron chi connectivity index (χ0n) is 19.4. The maximum atomic E-state index is 14.4. The highest BCUT2D eigenvalue weighted by Gasteiger charge is 2.27. The summed E-state index contributed by atoms with van der Waals surface area (Å²) in [6.45, 7) is 3.00. The fourth-order valence-electron chi connectivity index (χ4n) is 4.60. The number of benzene rings is 1. The smallest absolute Gasteiger partial charge is 0.141 e. The lowest BCUT2D eigenvalue weighted by Gasteiger charge is -2.38. The van der Waals surface area contributed by atoms with Crippen LogP contribution in [0.25, 0.3) is 22.3 Å². The first-order valence-corrected chi connectivity index (χ1v) is 11.6. The minimum absolute atomic E-state index is 0.153. The third-order valence-corrected chi connectivity index (χ3v) is 6.56. The molecule has 182 valence electrons. The lowest BCUT2D eigenvalue weighted by molar-refractivity contribution is -0.0311. The molecule has 2 N–H and O–H groups in total. The number of nitrogens with one attached hydrogen (secondary N) is 1. The highest BCUT2D eigenvalue weighted by Crippen LogP contribution is 2.27. The van der Waals surface area contributed by atoms with Gasteiger partial charge in [0.1, 0.15) is 24.0 Å². The van der Waals surface area contributed by atoms with E-state index in [1.807, 2.05) is 34.1 Å². The average molecular weight is 486 g/mol. The Morgan fingerprint density at radius 3 is 2.72 bits per heavy atom. The second kappa shape index (κ2) is 10.2. The number of rotatable bonds is 7. The number of aliphatic hydroxyl groups excluding tert-OH is 1. The molecule has 5 rings (SSSR count). The van der Waals surface area contributed by atoms with Crippen LogP contribution in [-0.4, -0.2) is 72.4 Å². The van der Waals surface area contributed by atoms with Crippen LogP contribution in [0.4, 0.5) is 4.39 Å². The van der Waals surface area contributed by atoms with Crippen molar-refractivity contribution in [3.05, 3.63) is 66.1 Å². The van der Waals surface area contributed by atoms with Crippen molar-refractivity contribution < 1.29 is 9.50 Å². The summed E-state index contributed by atoms with van der Waals surface area (Å²) >= 11 is 0. The Kier molecular flexibility index (Phi) is 6.69. The van der Waals surface area contributed by atoms with Gasteiger partial charge >= 0.3 is 0 Å². The summed E-state index contributed by atoms with van der Waals surface area (Å²) in [5, 5.41) is 34.5. The van der Waals surface area contributed by atoms with Crippen LogP contribution in [0.5, 0.6) is 0 Å². The predicted octanol–water partition coefficient (Wildman–Crippen LogP) is 2.60. The molecule has 1 aliphatic rings. The summed E-state index contributed by atoms with van der Waals surface area (Å²) in [5.41, 5.74) is 2.76. The lowest BCUT2D eigenvalue weighted by Crippen LogP contribution is -2.49. The Bertz CT molecular complexity index is 1440. The molecule has 1 fully saturated rings. The van der Waals surface area contributed by atoms with Gasteiger partial charge in [0.05, 0.1) is 42.1 Å². The van der Waals surface area contributed by atoms with E-state index >= 15 is 0 Å². The molecule has 2 unspecified atom stereocenters. The predicted molar refractivity (Wildman–Crippen MR) is 128 cm³/mol. The molecule has 4 heterocycles. The third-order valence-electron chi connectivity index (χ3n) is 6.56. The van der Waals surface area contributed by atoms with E-state index in [2.05, 4.69) is 31.0 Å². The molecule has 11 heteroatoms. The fraction of sp³-hybridized carbons (Fsp3) is 0.320. The number of halogens is 1. The Hall–Kier alpha value is -4.16. The number of aromatic nitrogens is 5. The molecule has 0 bridgehead atoms. The average Bonchev–Trinajstić information content (AvgIpc) is 3.58. The van der Waals surface area contributed by atoms with E-state index in [-0.39, 0.29) is 17.2 Å². The van der Waals surface area contributed by atoms with Gasteiger partial charge in [0, 0.05) is 61.6 Å². The third kappa shape index (κ3) is 4.68. The summed E-state index contributed by atoms with van der Waals surface area (Å²) in [5.74, 6) is -0.590. The topological polar surface area (TPSA) is 134 Å². The summed E-state index contributed by atoms with van der Waals surface area (Å²) in [7, 11) is 0. The standard InChI is InChI=1S/C25H24FN9O/c26-22-11-17(12-28)1-2-20(22)25(36)34-9-7-33(8-10-34)15-19(3-5-27)35-14-18(13-32-35)23-21-4-6-29-24(21)31-16-30-23/h1-2,4,6,11,13-14,16,19,25,36H,3,7-10,15H2,(H,29,30,31). The zero-order chi connectivity index (χ0) is 25.1. The Balaban J connectivity index is 1.24. The molecular weight excluding hydrogens is 461 g/mol. The normalized spacial score (nSPS) is 16.4. The molecule has 1 saturated heterocycles. The van der Waals surface area contributed by atoms with Gasteiger partial charge in [0.25, 0.3) is 0 Å². The van der Waals surface area contributed by atoms with Crippen LogP contribution >= 0.6 is 0 Å². The van der Waals surface area contributed by atoms with Gasteiger partial charge in [0.2, 0.25) is 0 Å². The second-order valence-electron chi connectivity index (χ2n) is 8.75. The summed E-state index contributed by atoms with van der Waals surface area (Å²) in [6.07, 6.45) is 6.20. The van der Waals surface area contributed by atoms with E-state index in [9.17, 15) is 14.8 Å². The quantitative estimate of drug-likeness (QED) is 0.408. The SMILES string of the molecule is N#CCC(CN1CCN(C(O)c2ccc(C#N)cc2F)CC1)n1cc(-c2ncnc3[nH]ccc23)cn1. The molecule has 1 aliphatic heterocycles. The number of nitriles is 2. The van der Waals surface area contributed by atoms with Gasteiger partial charge in [-0.1, -0.05) is 6.07 Å². The molecule has 0 amide bonds. The van der Waals surface area contributed by atoms with Crippen LogP contribution in [0.2, 0.25) is 0 Å². The molecule has 4 aromatic rings. The highest BCUT2D eigenvalue weighted by atomic mass is 19.1. The number of aliphatic hydroxyl groups is 1. The van der Waals surface area contributed by atoms with Crippen LogP contribution in [0.15, 0.2) is 49.2 Å². The number of hydrogen-bond acceptors (Lipinski definition) is 8. The van der Waals surface area contributed by atoms with E-state index in [1.54, 1.807) is 6.20 Å². The van der Waals surface area contributed by atoms with E-state index in [0.29, 0.717) is 39.1 Å². The van der Waals surface area contributed by atoms with Crippen molar-refractivity contribution in [3.8, 4) is 23.4 Å². The summed E-state index contributed by atoms with van der Waals surface area (Å²) < 4.78 is 16.2. The molecule has 0 aliphatic carbocycles.